The first-order valence-corrected chi connectivity index (χ1v) is 7.74. The Labute approximate surface area is 141 Å². The van der Waals surface area contributed by atoms with Gasteiger partial charge in [0.15, 0.2) is 11.3 Å². The predicted molar refractivity (Wildman–Crippen MR) is 92.2 cm³/mol. The van der Waals surface area contributed by atoms with Crippen LogP contribution >= 0.6 is 0 Å². The summed E-state index contributed by atoms with van der Waals surface area (Å²) in [6.45, 7) is 4.11. The average molecular weight is 340 g/mol. The number of benzene rings is 1. The number of ketones is 1. The van der Waals surface area contributed by atoms with Crippen LogP contribution in [0.1, 0.15) is 41.4 Å². The number of fused-ring (bicyclic) bond motifs is 1. The summed E-state index contributed by atoms with van der Waals surface area (Å²) in [5.41, 5.74) is -0.818. The summed E-state index contributed by atoms with van der Waals surface area (Å²) in [5, 5.41) is 0. The van der Waals surface area contributed by atoms with E-state index in [1.807, 2.05) is 17.1 Å². The molecule has 3 aromatic rings. The van der Waals surface area contributed by atoms with Crippen molar-refractivity contribution < 1.29 is 4.79 Å². The number of aromatic amines is 3. The van der Waals surface area contributed by atoms with Crippen LogP contribution < -0.4 is 16.8 Å². The van der Waals surface area contributed by atoms with E-state index in [4.69, 9.17) is 0 Å². The molecule has 0 fully saturated rings. The molecule has 0 saturated heterocycles. The fraction of sp³-hybridized carbons (Fsp3) is 0.235. The second-order valence-corrected chi connectivity index (χ2v) is 6.02. The summed E-state index contributed by atoms with van der Waals surface area (Å²) in [6.07, 6.45) is -0.245. The lowest BCUT2D eigenvalue weighted by atomic mass is 9.99. The molecule has 0 saturated carbocycles. The molecule has 0 aliphatic heterocycles. The lowest BCUT2D eigenvalue weighted by Crippen LogP contribution is -2.27. The first-order chi connectivity index (χ1) is 11.8. The van der Waals surface area contributed by atoms with Crippen LogP contribution in [-0.4, -0.2) is 25.7 Å². The number of Topliss-reactive ketones (excluding diaryl/α,β-unsaturated/α-hetero) is 1. The third-order valence-corrected chi connectivity index (χ3v) is 3.89. The number of aromatic nitrogens is 4. The minimum atomic E-state index is -0.746. The highest BCUT2D eigenvalue weighted by atomic mass is 16.2. The monoisotopic (exact) mass is 340 g/mol. The Hall–Kier alpha value is -3.29. The van der Waals surface area contributed by atoms with Gasteiger partial charge in [0.05, 0.1) is 6.42 Å². The molecule has 0 atom stereocenters. The molecule has 1 aromatic carbocycles. The van der Waals surface area contributed by atoms with Crippen molar-refractivity contribution >= 4 is 16.9 Å². The molecular weight excluding hydrogens is 324 g/mol. The van der Waals surface area contributed by atoms with E-state index in [0.717, 1.165) is 5.56 Å². The Bertz CT molecular complexity index is 1120. The summed E-state index contributed by atoms with van der Waals surface area (Å²) < 4.78 is 0. The Balaban J connectivity index is 1.95. The molecule has 3 N–H and O–H groups in total. The van der Waals surface area contributed by atoms with Crippen molar-refractivity contribution in [3.8, 4) is 0 Å². The van der Waals surface area contributed by atoms with Gasteiger partial charge in [-0.25, -0.2) is 9.78 Å². The predicted octanol–water partition coefficient (Wildman–Crippen LogP) is 0.849. The quantitative estimate of drug-likeness (QED) is 0.606. The van der Waals surface area contributed by atoms with Crippen molar-refractivity contribution in [2.24, 2.45) is 0 Å². The zero-order valence-electron chi connectivity index (χ0n) is 13.7. The molecule has 2 aromatic heterocycles. The second kappa shape index (κ2) is 6.31. The number of hydrogen-bond acceptors (Lipinski definition) is 5. The minimum Gasteiger partial charge on any atom is -0.305 e. The maximum absolute atomic E-state index is 12.4. The Morgan fingerprint density at radius 2 is 1.68 bits per heavy atom. The lowest BCUT2D eigenvalue weighted by Gasteiger charge is -2.06. The SMILES string of the molecule is CC(C)c1ccc(C(=O)Cc2nc3c(=O)[nH]c(=O)[nH]c3[nH]c2=O)cc1. The Kier molecular flexibility index (Phi) is 4.18. The van der Waals surface area contributed by atoms with Crippen LogP contribution in [-0.2, 0) is 6.42 Å². The third kappa shape index (κ3) is 3.32. The smallest absolute Gasteiger partial charge is 0.305 e. The van der Waals surface area contributed by atoms with Crippen LogP contribution in [0, 0.1) is 0 Å². The summed E-state index contributed by atoms with van der Waals surface area (Å²) in [6, 6.07) is 7.14. The van der Waals surface area contributed by atoms with Crippen molar-refractivity contribution in [3.05, 3.63) is 72.3 Å². The summed E-state index contributed by atoms with van der Waals surface area (Å²) in [4.78, 5) is 58.1. The van der Waals surface area contributed by atoms with Crippen molar-refractivity contribution in [3.63, 3.8) is 0 Å². The number of H-pyrrole nitrogens is 3. The van der Waals surface area contributed by atoms with Crippen LogP contribution in [0.25, 0.3) is 11.2 Å². The Morgan fingerprint density at radius 1 is 1.00 bits per heavy atom. The minimum absolute atomic E-state index is 0.0729. The largest absolute Gasteiger partial charge is 0.327 e. The van der Waals surface area contributed by atoms with Crippen LogP contribution in [0.4, 0.5) is 0 Å². The van der Waals surface area contributed by atoms with Gasteiger partial charge < -0.3 is 4.98 Å². The van der Waals surface area contributed by atoms with E-state index in [1.165, 1.54) is 0 Å². The van der Waals surface area contributed by atoms with Gasteiger partial charge in [-0.3, -0.25) is 24.4 Å². The third-order valence-electron chi connectivity index (χ3n) is 3.89. The molecule has 0 amide bonds. The van der Waals surface area contributed by atoms with E-state index in [0.29, 0.717) is 11.5 Å². The maximum Gasteiger partial charge on any atom is 0.327 e. The number of rotatable bonds is 4. The van der Waals surface area contributed by atoms with Crippen LogP contribution in [0.15, 0.2) is 38.6 Å². The number of carbonyl (C=O) groups is 1. The normalized spacial score (nSPS) is 11.2. The number of nitrogens with zero attached hydrogens (tertiary/aromatic N) is 1. The molecule has 128 valence electrons. The zero-order valence-corrected chi connectivity index (χ0v) is 13.7. The molecule has 3 rings (SSSR count). The molecule has 8 heteroatoms. The van der Waals surface area contributed by atoms with Crippen LogP contribution in [0.2, 0.25) is 0 Å². The molecule has 0 aliphatic carbocycles. The van der Waals surface area contributed by atoms with E-state index in [2.05, 4.69) is 28.8 Å². The van der Waals surface area contributed by atoms with Gasteiger partial charge in [-0.15, -0.1) is 0 Å². The van der Waals surface area contributed by atoms with Gasteiger partial charge in [-0.2, -0.15) is 0 Å². The molecule has 0 aliphatic rings. The summed E-state index contributed by atoms with van der Waals surface area (Å²) in [7, 11) is 0. The van der Waals surface area contributed by atoms with Crippen molar-refractivity contribution in [1.82, 2.24) is 19.9 Å². The number of nitrogens with one attached hydrogen (secondary N) is 3. The lowest BCUT2D eigenvalue weighted by molar-refractivity contribution is 0.0991. The molecule has 2 heterocycles. The van der Waals surface area contributed by atoms with Gasteiger partial charge in [0, 0.05) is 5.56 Å². The van der Waals surface area contributed by atoms with Gasteiger partial charge >= 0.3 is 5.69 Å². The van der Waals surface area contributed by atoms with Crippen molar-refractivity contribution in [2.75, 3.05) is 0 Å². The van der Waals surface area contributed by atoms with Gasteiger partial charge in [-0.05, 0) is 11.5 Å². The fourth-order valence-corrected chi connectivity index (χ4v) is 2.48. The molecule has 0 bridgehead atoms. The van der Waals surface area contributed by atoms with Gasteiger partial charge in [0.1, 0.15) is 11.3 Å². The molecule has 8 nitrogen and oxygen atoms in total. The highest BCUT2D eigenvalue weighted by Gasteiger charge is 2.14. The summed E-state index contributed by atoms with van der Waals surface area (Å²) in [5.74, 6) is 0.0662. The molecule has 0 radical (unpaired) electrons. The van der Waals surface area contributed by atoms with Crippen LogP contribution in [0.5, 0.6) is 0 Å². The van der Waals surface area contributed by atoms with E-state index >= 15 is 0 Å². The number of hydrogen-bond donors (Lipinski definition) is 3. The fourth-order valence-electron chi connectivity index (χ4n) is 2.48. The maximum atomic E-state index is 12.4. The molecular formula is C17H16N4O4. The van der Waals surface area contributed by atoms with E-state index in [9.17, 15) is 19.2 Å². The van der Waals surface area contributed by atoms with E-state index < -0.39 is 16.8 Å². The highest BCUT2D eigenvalue weighted by molar-refractivity contribution is 5.97. The first-order valence-electron chi connectivity index (χ1n) is 7.74. The van der Waals surface area contributed by atoms with Gasteiger partial charge in [0.25, 0.3) is 11.1 Å². The second-order valence-electron chi connectivity index (χ2n) is 6.02. The van der Waals surface area contributed by atoms with E-state index in [1.54, 1.807) is 12.1 Å². The number of carbonyl (C=O) groups excluding carboxylic acids is 1. The highest BCUT2D eigenvalue weighted by Crippen LogP contribution is 2.15. The van der Waals surface area contributed by atoms with Gasteiger partial charge in [0.2, 0.25) is 0 Å². The summed E-state index contributed by atoms with van der Waals surface area (Å²) >= 11 is 0. The van der Waals surface area contributed by atoms with Crippen LogP contribution in [0.3, 0.4) is 0 Å². The molecule has 25 heavy (non-hydrogen) atoms. The molecule has 0 unspecified atom stereocenters. The van der Waals surface area contributed by atoms with Gasteiger partial charge in [-0.1, -0.05) is 38.1 Å². The topological polar surface area (TPSA) is 129 Å². The van der Waals surface area contributed by atoms with Crippen molar-refractivity contribution in [1.29, 1.82) is 0 Å². The average Bonchev–Trinajstić information content (AvgIpc) is 2.56. The first kappa shape index (κ1) is 16.6. The standard InChI is InChI=1S/C17H16N4O4/c1-8(2)9-3-5-10(6-4-9)12(22)7-11-15(23)19-14-13(18-11)16(24)21-17(25)20-14/h3-6,8H,7H2,1-2H3,(H3,19,20,21,23,24,25). The zero-order chi connectivity index (χ0) is 18.1. The molecule has 0 spiro atoms. The Morgan fingerprint density at radius 3 is 2.32 bits per heavy atom. The van der Waals surface area contributed by atoms with E-state index in [-0.39, 0.29) is 29.1 Å². The van der Waals surface area contributed by atoms with Crippen molar-refractivity contribution in [2.45, 2.75) is 26.2 Å².